The van der Waals surface area contributed by atoms with Crippen molar-refractivity contribution in [1.29, 1.82) is 0 Å². The highest BCUT2D eigenvalue weighted by Crippen LogP contribution is 2.35. The van der Waals surface area contributed by atoms with Gasteiger partial charge < -0.3 is 35.0 Å². The topological polar surface area (TPSA) is 205 Å². The molecule has 3 atom stereocenters. The number of β-amino-alcohol motifs (C(OH)–C–C–N with tert-alkyl or cyclic N) is 1. The van der Waals surface area contributed by atoms with E-state index in [0.29, 0.717) is 66.9 Å². The first-order valence-corrected chi connectivity index (χ1v) is 30.6. The fourth-order valence-electron chi connectivity index (χ4n) is 10.1. The summed E-state index contributed by atoms with van der Waals surface area (Å²) in [5.41, 5.74) is 8.78. The molecule has 4 amide bonds. The Hall–Kier alpha value is -7.50. The Morgan fingerprint density at radius 2 is 1.70 bits per heavy atom. The molecule has 1 fully saturated rings. The fraction of sp³-hybridized carbons (Fsp3) is 0.397. The van der Waals surface area contributed by atoms with E-state index >= 15 is 0 Å². The molecular formula is C63H70N8O8S3. The molecule has 4 aromatic carbocycles. The molecular weight excluding hydrogens is 1090 g/mol. The number of carbonyl (C=O) groups excluding carboxylic acids is 5. The van der Waals surface area contributed by atoms with Gasteiger partial charge in [0.05, 0.1) is 45.6 Å². The van der Waals surface area contributed by atoms with Crippen LogP contribution in [-0.2, 0) is 45.1 Å². The van der Waals surface area contributed by atoms with Crippen molar-refractivity contribution in [1.82, 2.24) is 30.5 Å². The summed E-state index contributed by atoms with van der Waals surface area (Å²) < 4.78 is 12.5. The highest BCUT2D eigenvalue weighted by Gasteiger charge is 2.44. The van der Waals surface area contributed by atoms with Crippen LogP contribution < -0.4 is 25.6 Å². The van der Waals surface area contributed by atoms with Crippen molar-refractivity contribution in [2.45, 2.75) is 130 Å². The molecule has 0 saturated carbocycles. The zero-order chi connectivity index (χ0) is 57.8. The molecule has 2 aliphatic rings. The van der Waals surface area contributed by atoms with Gasteiger partial charge in [0.2, 0.25) is 17.7 Å². The molecule has 7 aromatic rings. The van der Waals surface area contributed by atoms with E-state index in [1.54, 1.807) is 18.3 Å². The second-order valence-corrected chi connectivity index (χ2v) is 24.6. The summed E-state index contributed by atoms with van der Waals surface area (Å²) >= 11 is 4.50. The summed E-state index contributed by atoms with van der Waals surface area (Å²) in [6.45, 7) is 11.5. The fourth-order valence-corrected chi connectivity index (χ4v) is 12.9. The predicted molar refractivity (Wildman–Crippen MR) is 323 cm³/mol. The average molecular weight is 1160 g/mol. The van der Waals surface area contributed by atoms with Crippen molar-refractivity contribution < 1.29 is 38.6 Å². The zero-order valence-electron chi connectivity index (χ0n) is 47.0. The van der Waals surface area contributed by atoms with Crippen molar-refractivity contribution in [3.63, 3.8) is 0 Å². The summed E-state index contributed by atoms with van der Waals surface area (Å²) in [4.78, 5) is 86.9. The lowest BCUT2D eigenvalue weighted by atomic mass is 9.85. The van der Waals surface area contributed by atoms with Gasteiger partial charge in [0, 0.05) is 61.4 Å². The quantitative estimate of drug-likeness (QED) is 0.0284. The van der Waals surface area contributed by atoms with Crippen LogP contribution in [-0.4, -0.2) is 99.0 Å². The third-order valence-electron chi connectivity index (χ3n) is 14.5. The first-order valence-electron chi connectivity index (χ1n) is 28.1. The van der Waals surface area contributed by atoms with E-state index in [2.05, 4.69) is 48.7 Å². The molecule has 0 aliphatic carbocycles. The molecule has 9 rings (SSSR count). The van der Waals surface area contributed by atoms with Crippen LogP contribution in [0, 0.1) is 24.2 Å². The third kappa shape index (κ3) is 15.1. The van der Waals surface area contributed by atoms with Gasteiger partial charge in [0.15, 0.2) is 16.0 Å². The number of hydrogen-bond acceptors (Lipinski definition) is 15. The number of benzene rings is 4. The number of aromatic nitrogens is 3. The molecule has 19 heteroatoms. The second kappa shape index (κ2) is 27.5. The van der Waals surface area contributed by atoms with Crippen molar-refractivity contribution in [3.8, 4) is 28.0 Å². The minimum Gasteiger partial charge on any atom is -0.494 e. The number of carbonyl (C=O) groups is 5. The molecule has 5 heterocycles. The Bertz CT molecular complexity index is 3410. The van der Waals surface area contributed by atoms with Crippen LogP contribution in [0.2, 0.25) is 0 Å². The lowest BCUT2D eigenvalue weighted by molar-refractivity contribution is -0.144. The smallest absolute Gasteiger partial charge is 0.358 e. The van der Waals surface area contributed by atoms with Crippen LogP contribution in [0.3, 0.4) is 0 Å². The number of ether oxygens (including phenoxy) is 2. The summed E-state index contributed by atoms with van der Waals surface area (Å²) in [5, 5.41) is 20.8. The normalized spacial score (nSPS) is 15.3. The number of thiazole rings is 3. The van der Waals surface area contributed by atoms with Crippen LogP contribution in [0.4, 0.5) is 10.3 Å². The molecule has 4 N–H and O–H groups in total. The van der Waals surface area contributed by atoms with Crippen LogP contribution in [0.15, 0.2) is 96.5 Å². The number of aliphatic hydroxyl groups excluding tert-OH is 1. The van der Waals surface area contributed by atoms with Crippen molar-refractivity contribution in [3.05, 3.63) is 141 Å². The van der Waals surface area contributed by atoms with E-state index in [4.69, 9.17) is 14.5 Å². The molecule has 0 radical (unpaired) electrons. The number of nitrogens with zero attached hydrogens (tertiary/aromatic N) is 5. The SMILES string of the molecule is CCOC(=O)c1nc(N2CCc3cccc(C(=O)Nc4nc5ccccc5s4)c3C2)sc1CCCOc1ccc(C#CCCCCCCC(=O)N[C@H](C(=O)N2C[C@H](O)C[C@H]2C(=O)NCc2ccc(-c3scnc3C)cc2)C(C)(C)C)cc1. The number of likely N-dealkylation sites (tertiary alicyclic amines) is 1. The van der Waals surface area contributed by atoms with Gasteiger partial charge in [-0.2, -0.15) is 0 Å². The highest BCUT2D eigenvalue weighted by atomic mass is 32.1. The molecule has 0 unspecified atom stereocenters. The van der Waals surface area contributed by atoms with Crippen LogP contribution in [0.5, 0.6) is 5.75 Å². The Balaban J connectivity index is 0.681. The Morgan fingerprint density at radius 3 is 2.45 bits per heavy atom. The van der Waals surface area contributed by atoms with Crippen molar-refractivity contribution in [2.75, 3.05) is 36.5 Å². The molecule has 0 spiro atoms. The number of nitrogens with one attached hydrogen (secondary N) is 3. The van der Waals surface area contributed by atoms with Gasteiger partial charge >= 0.3 is 5.97 Å². The average Bonchev–Trinajstić information content (AvgIpc) is 4.42. The van der Waals surface area contributed by atoms with E-state index in [0.717, 1.165) is 84.9 Å². The van der Waals surface area contributed by atoms with Gasteiger partial charge in [-0.05, 0) is 116 Å². The Labute approximate surface area is 491 Å². The third-order valence-corrected chi connectivity index (χ3v) is 17.6. The summed E-state index contributed by atoms with van der Waals surface area (Å²) in [6.07, 6.45) is 5.48. The standard InChI is InChI=1S/C63H70N8O8S3/c1-6-78-60(77)54-52(82-62(68-54)70-33-32-43-18-15-19-47(48(43)38-70)57(74)69-61-66-49-20-13-14-21-51(49)81-61)22-16-34-79-46-30-26-41(27-31-46)17-11-9-7-8-10-12-23-53(73)67-56(63(3,4)5)59(76)71-37-45(72)35-50(71)58(75)64-36-42-24-28-44(29-25-42)55-40(2)65-39-80-55/h13-15,18-21,24-31,39,45,50,56,72H,6-10,12,16,22-23,32-38H2,1-5H3,(H,64,75)(H,67,73)(H,66,69,74)/t45-,50+,56-/m1/s1. The number of para-hydroxylation sites is 1. The number of aliphatic hydroxyl groups is 1. The van der Waals surface area contributed by atoms with E-state index < -0.39 is 29.6 Å². The monoisotopic (exact) mass is 1160 g/mol. The maximum absolute atomic E-state index is 14.1. The van der Waals surface area contributed by atoms with Gasteiger partial charge in [-0.1, -0.05) is 105 Å². The van der Waals surface area contributed by atoms with Crippen LogP contribution in [0.25, 0.3) is 20.7 Å². The Kier molecular flexibility index (Phi) is 19.8. The summed E-state index contributed by atoms with van der Waals surface area (Å²) in [6, 6.07) is 27.5. The number of unbranched alkanes of at least 4 members (excludes halogenated alkanes) is 4. The minimum absolute atomic E-state index is 0.0170. The van der Waals surface area contributed by atoms with Gasteiger partial charge in [-0.25, -0.2) is 19.7 Å². The lowest BCUT2D eigenvalue weighted by Gasteiger charge is -2.35. The first kappa shape index (κ1) is 59.1. The van der Waals surface area contributed by atoms with Gasteiger partial charge in [0.25, 0.3) is 5.91 Å². The van der Waals surface area contributed by atoms with Gasteiger partial charge in [-0.3, -0.25) is 24.5 Å². The van der Waals surface area contributed by atoms with Gasteiger partial charge in [-0.15, -0.1) is 22.7 Å². The number of hydrogen-bond donors (Lipinski definition) is 4. The van der Waals surface area contributed by atoms with Crippen LogP contribution >= 0.6 is 34.0 Å². The molecule has 428 valence electrons. The first-order chi connectivity index (χ1) is 39.6. The van der Waals surface area contributed by atoms with Crippen LogP contribution in [0.1, 0.15) is 133 Å². The number of amides is 4. The summed E-state index contributed by atoms with van der Waals surface area (Å²) in [5.74, 6) is 5.60. The van der Waals surface area contributed by atoms with Gasteiger partial charge in [0.1, 0.15) is 17.8 Å². The number of esters is 1. The molecule has 2 aliphatic heterocycles. The molecule has 1 saturated heterocycles. The largest absolute Gasteiger partial charge is 0.494 e. The minimum atomic E-state index is -0.876. The Morgan fingerprint density at radius 1 is 0.902 bits per heavy atom. The number of anilines is 2. The van der Waals surface area contributed by atoms with E-state index in [1.165, 1.54) is 27.6 Å². The predicted octanol–water partition coefficient (Wildman–Crippen LogP) is 10.7. The number of rotatable bonds is 22. The molecule has 3 aromatic heterocycles. The lowest BCUT2D eigenvalue weighted by Crippen LogP contribution is -2.57. The summed E-state index contributed by atoms with van der Waals surface area (Å²) in [7, 11) is 0. The number of aryl methyl sites for hydroxylation is 2. The van der Waals surface area contributed by atoms with E-state index in [-0.39, 0.29) is 56.2 Å². The van der Waals surface area contributed by atoms with Crippen molar-refractivity contribution >= 4 is 84.1 Å². The van der Waals surface area contributed by atoms with E-state index in [9.17, 15) is 29.1 Å². The second-order valence-electron chi connectivity index (χ2n) is 21.7. The number of fused-ring (bicyclic) bond motifs is 2. The van der Waals surface area contributed by atoms with E-state index in [1.807, 2.05) is 118 Å². The molecule has 16 nitrogen and oxygen atoms in total. The zero-order valence-corrected chi connectivity index (χ0v) is 49.5. The molecule has 82 heavy (non-hydrogen) atoms. The molecule has 0 bridgehead atoms. The maximum Gasteiger partial charge on any atom is 0.358 e. The highest BCUT2D eigenvalue weighted by molar-refractivity contribution is 7.22. The van der Waals surface area contributed by atoms with Crippen molar-refractivity contribution in [2.24, 2.45) is 5.41 Å². The maximum atomic E-state index is 14.1.